The minimum Gasteiger partial charge on any atom is -0.346 e. The van der Waals surface area contributed by atoms with Crippen molar-refractivity contribution in [2.75, 3.05) is 6.54 Å². The third-order valence-electron chi connectivity index (χ3n) is 2.81. The van der Waals surface area contributed by atoms with Gasteiger partial charge in [-0.05, 0) is 12.0 Å². The standard InChI is InChI=1S/C13H20NO3P/c1-2-13(18(16)17)8-12(15)10-14-9-11-6-4-3-5-7-11/h3-7,13-14,18H,2,8-10H2,1H3,(H,16,17). The lowest BCUT2D eigenvalue weighted by Crippen LogP contribution is -2.24. The fourth-order valence-corrected chi connectivity index (χ4v) is 2.45. The third kappa shape index (κ3) is 5.58. The minimum absolute atomic E-state index is 0.00909. The van der Waals surface area contributed by atoms with Crippen LogP contribution in [0.5, 0.6) is 0 Å². The topological polar surface area (TPSA) is 66.4 Å². The van der Waals surface area contributed by atoms with Gasteiger partial charge in [0.25, 0.3) is 0 Å². The molecule has 1 aromatic carbocycles. The Hall–Kier alpha value is -0.960. The highest BCUT2D eigenvalue weighted by Gasteiger charge is 2.16. The van der Waals surface area contributed by atoms with Gasteiger partial charge in [-0.2, -0.15) is 0 Å². The van der Waals surface area contributed by atoms with Gasteiger partial charge in [0.05, 0.1) is 6.54 Å². The monoisotopic (exact) mass is 269 g/mol. The molecule has 2 unspecified atom stereocenters. The van der Waals surface area contributed by atoms with Crippen LogP contribution >= 0.6 is 8.03 Å². The molecule has 18 heavy (non-hydrogen) atoms. The maximum absolute atomic E-state index is 11.6. The summed E-state index contributed by atoms with van der Waals surface area (Å²) in [5.74, 6) is -0.00909. The fourth-order valence-electron chi connectivity index (χ4n) is 1.70. The number of hydrogen-bond donors (Lipinski definition) is 2. The van der Waals surface area contributed by atoms with Crippen LogP contribution in [-0.2, 0) is 15.9 Å². The van der Waals surface area contributed by atoms with Crippen molar-refractivity contribution in [1.82, 2.24) is 5.32 Å². The molecule has 0 saturated heterocycles. The van der Waals surface area contributed by atoms with Crippen molar-refractivity contribution in [3.05, 3.63) is 35.9 Å². The smallest absolute Gasteiger partial charge is 0.192 e. The van der Waals surface area contributed by atoms with Crippen molar-refractivity contribution < 1.29 is 14.3 Å². The van der Waals surface area contributed by atoms with Gasteiger partial charge < -0.3 is 10.2 Å². The summed E-state index contributed by atoms with van der Waals surface area (Å²) in [6.45, 7) is 2.71. The molecule has 1 rings (SSSR count). The lowest BCUT2D eigenvalue weighted by atomic mass is 10.1. The highest BCUT2D eigenvalue weighted by molar-refractivity contribution is 7.38. The Kier molecular flexibility index (Phi) is 6.88. The van der Waals surface area contributed by atoms with E-state index in [1.807, 2.05) is 37.3 Å². The highest BCUT2D eigenvalue weighted by atomic mass is 31.1. The van der Waals surface area contributed by atoms with Crippen molar-refractivity contribution >= 4 is 13.8 Å². The van der Waals surface area contributed by atoms with Crippen LogP contribution in [0.15, 0.2) is 30.3 Å². The quantitative estimate of drug-likeness (QED) is 0.708. The summed E-state index contributed by atoms with van der Waals surface area (Å²) in [4.78, 5) is 20.6. The lowest BCUT2D eigenvalue weighted by Gasteiger charge is -2.10. The SMILES string of the molecule is CCC(CC(=O)CNCc1ccccc1)[PH](=O)O. The van der Waals surface area contributed by atoms with E-state index < -0.39 is 8.03 Å². The number of hydrogen-bond acceptors (Lipinski definition) is 3. The molecule has 2 atom stereocenters. The largest absolute Gasteiger partial charge is 0.346 e. The summed E-state index contributed by atoms with van der Waals surface area (Å²) in [6.07, 6.45) is 0.755. The van der Waals surface area contributed by atoms with Crippen LogP contribution in [0.2, 0.25) is 0 Å². The maximum atomic E-state index is 11.6. The first-order chi connectivity index (χ1) is 8.63. The minimum atomic E-state index is -2.59. The molecule has 0 saturated carbocycles. The number of carbonyl (C=O) groups excluding carboxylic acids is 1. The number of benzene rings is 1. The maximum Gasteiger partial charge on any atom is 0.192 e. The van der Waals surface area contributed by atoms with Crippen LogP contribution in [0.3, 0.4) is 0 Å². The van der Waals surface area contributed by atoms with Gasteiger partial charge in [0.1, 0.15) is 5.78 Å². The second-order valence-electron chi connectivity index (χ2n) is 4.28. The molecule has 0 spiro atoms. The average Bonchev–Trinajstić information content (AvgIpc) is 2.37. The summed E-state index contributed by atoms with van der Waals surface area (Å²) in [5, 5.41) is 3.05. The van der Waals surface area contributed by atoms with Crippen molar-refractivity contribution in [1.29, 1.82) is 0 Å². The second kappa shape index (κ2) is 8.20. The summed E-state index contributed by atoms with van der Waals surface area (Å²) >= 11 is 0. The molecule has 0 aliphatic rings. The van der Waals surface area contributed by atoms with Crippen molar-refractivity contribution in [2.45, 2.75) is 32.0 Å². The number of nitrogens with one attached hydrogen (secondary N) is 1. The van der Waals surface area contributed by atoms with E-state index >= 15 is 0 Å². The van der Waals surface area contributed by atoms with Crippen molar-refractivity contribution in [3.8, 4) is 0 Å². The molecule has 0 radical (unpaired) electrons. The summed E-state index contributed by atoms with van der Waals surface area (Å²) in [5.41, 5.74) is 0.745. The summed E-state index contributed by atoms with van der Waals surface area (Å²) < 4.78 is 11.0. The van der Waals surface area contributed by atoms with Gasteiger partial charge in [-0.25, -0.2) is 0 Å². The van der Waals surface area contributed by atoms with E-state index in [1.165, 1.54) is 0 Å². The zero-order valence-electron chi connectivity index (χ0n) is 10.6. The molecule has 0 heterocycles. The molecule has 0 amide bonds. The molecule has 4 nitrogen and oxygen atoms in total. The third-order valence-corrected chi connectivity index (χ3v) is 4.12. The predicted octanol–water partition coefficient (Wildman–Crippen LogP) is 1.98. The Morgan fingerprint density at radius 2 is 2.06 bits per heavy atom. The van der Waals surface area contributed by atoms with Crippen LogP contribution < -0.4 is 5.32 Å². The van der Waals surface area contributed by atoms with E-state index in [4.69, 9.17) is 4.89 Å². The molecule has 0 aliphatic heterocycles. The van der Waals surface area contributed by atoms with E-state index in [0.717, 1.165) is 5.56 Å². The molecular weight excluding hydrogens is 249 g/mol. The first-order valence-electron chi connectivity index (χ1n) is 6.12. The van der Waals surface area contributed by atoms with Gasteiger partial charge in [-0.15, -0.1) is 0 Å². The summed E-state index contributed by atoms with van der Waals surface area (Å²) in [7, 11) is -2.59. The lowest BCUT2D eigenvalue weighted by molar-refractivity contribution is -0.118. The molecule has 2 N–H and O–H groups in total. The van der Waals surface area contributed by atoms with Crippen molar-refractivity contribution in [3.63, 3.8) is 0 Å². The Morgan fingerprint density at radius 1 is 1.39 bits per heavy atom. The Balaban J connectivity index is 2.27. The number of rotatable bonds is 8. The van der Waals surface area contributed by atoms with Gasteiger partial charge in [0.2, 0.25) is 0 Å². The first-order valence-corrected chi connectivity index (χ1v) is 7.56. The van der Waals surface area contributed by atoms with Gasteiger partial charge in [-0.1, -0.05) is 37.3 Å². The van der Waals surface area contributed by atoms with E-state index in [1.54, 1.807) is 0 Å². The average molecular weight is 269 g/mol. The van der Waals surface area contributed by atoms with Crippen LogP contribution in [0.4, 0.5) is 0 Å². The molecule has 1 aromatic rings. The zero-order valence-corrected chi connectivity index (χ0v) is 11.6. The van der Waals surface area contributed by atoms with Gasteiger partial charge in [0, 0.05) is 18.6 Å². The molecular formula is C13H20NO3P. The van der Waals surface area contributed by atoms with E-state index in [0.29, 0.717) is 13.0 Å². The van der Waals surface area contributed by atoms with Crippen molar-refractivity contribution in [2.24, 2.45) is 0 Å². The normalized spacial score (nSPS) is 14.1. The number of carbonyl (C=O) groups is 1. The molecule has 0 aliphatic carbocycles. The van der Waals surface area contributed by atoms with E-state index in [-0.39, 0.29) is 24.4 Å². The summed E-state index contributed by atoms with van der Waals surface area (Å²) in [6, 6.07) is 9.81. The van der Waals surface area contributed by atoms with Gasteiger partial charge in [0.15, 0.2) is 8.03 Å². The van der Waals surface area contributed by atoms with Crippen LogP contribution in [-0.4, -0.2) is 22.9 Å². The Morgan fingerprint density at radius 3 is 2.61 bits per heavy atom. The second-order valence-corrected chi connectivity index (χ2v) is 5.77. The Bertz CT molecular complexity index is 394. The number of ketones is 1. The Labute approximate surface area is 108 Å². The van der Waals surface area contributed by atoms with Crippen LogP contribution in [0.25, 0.3) is 0 Å². The number of Topliss-reactive ketones (excluding diaryl/α,β-unsaturated/α-hetero) is 1. The first kappa shape index (κ1) is 15.1. The molecule has 100 valence electrons. The molecule has 0 fully saturated rings. The molecule has 0 bridgehead atoms. The highest BCUT2D eigenvalue weighted by Crippen LogP contribution is 2.27. The van der Waals surface area contributed by atoms with Crippen LogP contribution in [0.1, 0.15) is 25.3 Å². The zero-order chi connectivity index (χ0) is 13.4. The molecule has 5 heteroatoms. The van der Waals surface area contributed by atoms with Gasteiger partial charge >= 0.3 is 0 Å². The predicted molar refractivity (Wildman–Crippen MR) is 73.1 cm³/mol. The van der Waals surface area contributed by atoms with Crippen LogP contribution in [0, 0.1) is 0 Å². The van der Waals surface area contributed by atoms with E-state index in [9.17, 15) is 9.36 Å². The van der Waals surface area contributed by atoms with Gasteiger partial charge in [-0.3, -0.25) is 9.36 Å². The van der Waals surface area contributed by atoms with E-state index in [2.05, 4.69) is 5.32 Å². The molecule has 0 aromatic heterocycles. The fraction of sp³-hybridized carbons (Fsp3) is 0.462.